The van der Waals surface area contributed by atoms with Gasteiger partial charge in [0.05, 0.1) is 12.7 Å². The minimum Gasteiger partial charge on any atom is -0.497 e. The normalized spacial score (nSPS) is 19.7. The first-order chi connectivity index (χ1) is 13.3. The van der Waals surface area contributed by atoms with Gasteiger partial charge in [-0.2, -0.15) is 11.8 Å². The molecular weight excluding hydrogens is 358 g/mol. The molecule has 1 aromatic carbocycles. The highest BCUT2D eigenvalue weighted by Crippen LogP contribution is 2.36. The summed E-state index contributed by atoms with van der Waals surface area (Å²) >= 11 is 1.98. The van der Waals surface area contributed by atoms with Crippen molar-refractivity contribution < 1.29 is 14.3 Å². The number of rotatable bonds is 11. The molecule has 3 rings (SSSR count). The van der Waals surface area contributed by atoms with Crippen molar-refractivity contribution in [1.29, 1.82) is 0 Å². The van der Waals surface area contributed by atoms with Crippen molar-refractivity contribution in [2.45, 2.75) is 57.5 Å². The number of unbranched alkanes of at least 4 members (excludes halogenated alkanes) is 3. The topological polar surface area (TPSA) is 38.8 Å². The van der Waals surface area contributed by atoms with Crippen LogP contribution in [0.1, 0.15) is 73.4 Å². The van der Waals surface area contributed by atoms with Gasteiger partial charge in [0.25, 0.3) is 0 Å². The number of nitrogens with zero attached hydrogens (tertiary/aromatic N) is 1. The third-order valence-corrected chi connectivity index (χ3v) is 6.66. The quantitative estimate of drug-likeness (QED) is 0.389. The number of cyclic esters (lactones) is 1. The number of fused-ring (bicyclic) bond motifs is 1. The van der Waals surface area contributed by atoms with Gasteiger partial charge in [0, 0.05) is 5.56 Å². The Morgan fingerprint density at radius 3 is 2.74 bits per heavy atom. The number of hydrogen-bond acceptors (Lipinski definition) is 5. The molecule has 0 spiro atoms. The summed E-state index contributed by atoms with van der Waals surface area (Å²) in [5, 5.41) is 0. The van der Waals surface area contributed by atoms with Gasteiger partial charge in [0.2, 0.25) is 0 Å². The minimum atomic E-state index is -0.198. The molecule has 27 heavy (non-hydrogen) atoms. The first-order valence-electron chi connectivity index (χ1n) is 10.5. The average Bonchev–Trinajstić information content (AvgIpc) is 3.02. The maximum absolute atomic E-state index is 12.0. The molecule has 4 nitrogen and oxygen atoms in total. The fourth-order valence-electron chi connectivity index (χ4n) is 3.96. The van der Waals surface area contributed by atoms with Crippen molar-refractivity contribution in [1.82, 2.24) is 4.90 Å². The lowest BCUT2D eigenvalue weighted by Gasteiger charge is -2.26. The Hall–Kier alpha value is -1.20. The summed E-state index contributed by atoms with van der Waals surface area (Å²) in [5.41, 5.74) is 1.68. The number of benzene rings is 1. The number of likely N-dealkylation sites (tertiary alicyclic amines) is 1. The lowest BCUT2D eigenvalue weighted by molar-refractivity contribution is 0.0381. The average molecular weight is 392 g/mol. The Morgan fingerprint density at radius 1 is 1.11 bits per heavy atom. The molecule has 0 aromatic heterocycles. The number of piperidine rings is 1. The third kappa shape index (κ3) is 6.15. The van der Waals surface area contributed by atoms with E-state index in [1.54, 1.807) is 7.11 Å². The predicted molar refractivity (Wildman–Crippen MR) is 112 cm³/mol. The molecular formula is C22H33NO3S. The highest BCUT2D eigenvalue weighted by molar-refractivity contribution is 7.99. The zero-order valence-electron chi connectivity index (χ0n) is 16.6. The molecule has 1 fully saturated rings. The summed E-state index contributed by atoms with van der Waals surface area (Å²) in [7, 11) is 1.65. The summed E-state index contributed by atoms with van der Waals surface area (Å²) in [6.07, 6.45) is 10.3. The molecule has 2 heterocycles. The second kappa shape index (κ2) is 11.0. The molecule has 0 bridgehead atoms. The number of hydrogen-bond donors (Lipinski definition) is 0. The van der Waals surface area contributed by atoms with Crippen LogP contribution in [0.4, 0.5) is 0 Å². The van der Waals surface area contributed by atoms with E-state index in [0.29, 0.717) is 5.56 Å². The van der Waals surface area contributed by atoms with Crippen molar-refractivity contribution in [3.8, 4) is 5.75 Å². The Balaban J connectivity index is 1.24. The van der Waals surface area contributed by atoms with Gasteiger partial charge in [0.15, 0.2) is 0 Å². The van der Waals surface area contributed by atoms with Crippen LogP contribution in [-0.4, -0.2) is 49.1 Å². The van der Waals surface area contributed by atoms with Crippen LogP contribution in [0.15, 0.2) is 18.2 Å². The molecule has 5 heteroatoms. The molecule has 150 valence electrons. The summed E-state index contributed by atoms with van der Waals surface area (Å²) in [4.78, 5) is 14.6. The van der Waals surface area contributed by atoms with Crippen molar-refractivity contribution in [2.75, 3.05) is 38.2 Å². The third-order valence-electron chi connectivity index (χ3n) is 5.56. The Kier molecular flexibility index (Phi) is 8.34. The molecule has 0 amide bonds. The van der Waals surface area contributed by atoms with E-state index in [9.17, 15) is 4.79 Å². The summed E-state index contributed by atoms with van der Waals surface area (Å²) in [6, 6.07) is 5.58. The molecule has 2 aliphatic rings. The van der Waals surface area contributed by atoms with Gasteiger partial charge in [-0.3, -0.25) is 0 Å². The largest absolute Gasteiger partial charge is 0.497 e. The molecule has 1 saturated heterocycles. The van der Waals surface area contributed by atoms with Crippen molar-refractivity contribution in [3.05, 3.63) is 29.3 Å². The molecule has 0 N–H and O–H groups in total. The molecule has 1 aromatic rings. The second-order valence-corrected chi connectivity index (χ2v) is 8.79. The second-order valence-electron chi connectivity index (χ2n) is 7.56. The monoisotopic (exact) mass is 391 g/mol. The van der Waals surface area contributed by atoms with Gasteiger partial charge in [-0.1, -0.05) is 19.3 Å². The first kappa shape index (κ1) is 20.5. The molecule has 0 saturated carbocycles. The zero-order chi connectivity index (χ0) is 18.9. The van der Waals surface area contributed by atoms with Crippen LogP contribution in [0.25, 0.3) is 0 Å². The fourth-order valence-corrected chi connectivity index (χ4v) is 4.95. The van der Waals surface area contributed by atoms with E-state index in [-0.39, 0.29) is 12.1 Å². The molecule has 0 aliphatic carbocycles. The van der Waals surface area contributed by atoms with Crippen LogP contribution >= 0.6 is 11.8 Å². The number of esters is 1. The van der Waals surface area contributed by atoms with E-state index < -0.39 is 0 Å². The van der Waals surface area contributed by atoms with E-state index in [4.69, 9.17) is 9.47 Å². The summed E-state index contributed by atoms with van der Waals surface area (Å²) in [6.45, 7) is 3.93. The number of methoxy groups -OCH3 is 1. The highest BCUT2D eigenvalue weighted by atomic mass is 32.2. The van der Waals surface area contributed by atoms with Crippen LogP contribution in [0.3, 0.4) is 0 Å². The van der Waals surface area contributed by atoms with Crippen molar-refractivity contribution >= 4 is 17.7 Å². The lowest BCUT2D eigenvalue weighted by Crippen LogP contribution is -2.30. The maximum Gasteiger partial charge on any atom is 0.339 e. The Morgan fingerprint density at radius 2 is 1.93 bits per heavy atom. The Labute approximate surface area is 168 Å². The van der Waals surface area contributed by atoms with E-state index in [1.165, 1.54) is 70.3 Å². The van der Waals surface area contributed by atoms with Crippen LogP contribution < -0.4 is 4.74 Å². The number of ether oxygens (including phenoxy) is 2. The first-order valence-corrected chi connectivity index (χ1v) is 11.6. The molecule has 1 unspecified atom stereocenters. The van der Waals surface area contributed by atoms with E-state index >= 15 is 0 Å². The predicted octanol–water partition coefficient (Wildman–Crippen LogP) is 5.08. The van der Waals surface area contributed by atoms with E-state index in [0.717, 1.165) is 23.5 Å². The lowest BCUT2D eigenvalue weighted by atomic mass is 10.0. The highest BCUT2D eigenvalue weighted by Gasteiger charge is 2.30. The van der Waals surface area contributed by atoms with Crippen molar-refractivity contribution in [2.24, 2.45) is 0 Å². The molecule has 0 radical (unpaired) electrons. The van der Waals surface area contributed by atoms with Crippen LogP contribution in [0.2, 0.25) is 0 Å². The number of thioether (sulfide) groups is 1. The van der Waals surface area contributed by atoms with Gasteiger partial charge < -0.3 is 14.4 Å². The smallest absolute Gasteiger partial charge is 0.339 e. The SMILES string of the molecule is COc1ccc2c(c1)C(CCSCCCCCCN1CCCCC1)OC2=O. The van der Waals surface area contributed by atoms with Gasteiger partial charge in [-0.05, 0) is 81.4 Å². The number of carbonyl (C=O) groups is 1. The van der Waals surface area contributed by atoms with Gasteiger partial charge in [-0.15, -0.1) is 0 Å². The summed E-state index contributed by atoms with van der Waals surface area (Å²) in [5.74, 6) is 2.82. The van der Waals surface area contributed by atoms with Gasteiger partial charge in [-0.25, -0.2) is 4.79 Å². The molecule has 2 aliphatic heterocycles. The van der Waals surface area contributed by atoms with E-state index in [2.05, 4.69) is 4.90 Å². The number of carbonyl (C=O) groups excluding carboxylic acids is 1. The minimum absolute atomic E-state index is 0.111. The van der Waals surface area contributed by atoms with Crippen LogP contribution in [-0.2, 0) is 4.74 Å². The zero-order valence-corrected chi connectivity index (χ0v) is 17.4. The molecule has 1 atom stereocenters. The standard InChI is InChI=1S/C22H33NO3S/c1-25-18-9-10-19-20(17-18)21(26-22(19)24)11-16-27-15-8-3-2-5-12-23-13-6-4-7-14-23/h9-10,17,21H,2-8,11-16H2,1H3. The Bertz CT molecular complexity index is 601. The maximum atomic E-state index is 12.0. The van der Waals surface area contributed by atoms with Crippen molar-refractivity contribution in [3.63, 3.8) is 0 Å². The fraction of sp³-hybridized carbons (Fsp3) is 0.682. The van der Waals surface area contributed by atoms with E-state index in [1.807, 2.05) is 30.0 Å². The van der Waals surface area contributed by atoms with Gasteiger partial charge >= 0.3 is 5.97 Å². The van der Waals surface area contributed by atoms with Crippen LogP contribution in [0.5, 0.6) is 5.75 Å². The summed E-state index contributed by atoms with van der Waals surface area (Å²) < 4.78 is 10.8. The van der Waals surface area contributed by atoms with Gasteiger partial charge in [0.1, 0.15) is 11.9 Å². The van der Waals surface area contributed by atoms with Crippen LogP contribution in [0, 0.1) is 0 Å².